The van der Waals surface area contributed by atoms with E-state index in [9.17, 15) is 4.79 Å². The lowest BCUT2D eigenvalue weighted by molar-refractivity contribution is -0.141. The molecule has 82 valence electrons. The molecule has 1 aromatic rings. The van der Waals surface area contributed by atoms with Crippen LogP contribution in [0.1, 0.15) is 43.9 Å². The number of halogens is 1. The summed E-state index contributed by atoms with van der Waals surface area (Å²) in [5.41, 5.74) is -0.0891. The van der Waals surface area contributed by atoms with Crippen molar-refractivity contribution in [3.8, 4) is 0 Å². The summed E-state index contributed by atoms with van der Waals surface area (Å²) in [7, 11) is 0. The Balaban J connectivity index is 2.28. The minimum atomic E-state index is -0.0891. The minimum Gasteiger partial charge on any atom is -0.299 e. The quantitative estimate of drug-likeness (QED) is 0.774. The van der Waals surface area contributed by atoms with Gasteiger partial charge >= 0.3 is 0 Å². The second kappa shape index (κ2) is 3.91. The van der Waals surface area contributed by atoms with E-state index in [2.05, 4.69) is 19.9 Å². The van der Waals surface area contributed by atoms with Gasteiger partial charge in [0.05, 0.1) is 4.34 Å². The molecular weight excluding hydrogens is 228 g/mol. The molecule has 1 aliphatic carbocycles. The van der Waals surface area contributed by atoms with E-state index in [1.54, 1.807) is 11.3 Å². The van der Waals surface area contributed by atoms with Gasteiger partial charge < -0.3 is 0 Å². The van der Waals surface area contributed by atoms with Gasteiger partial charge in [0, 0.05) is 22.6 Å². The molecule has 1 nitrogen and oxygen atoms in total. The molecule has 1 atom stereocenters. The summed E-state index contributed by atoms with van der Waals surface area (Å²) in [6, 6.07) is 4.00. The van der Waals surface area contributed by atoms with Crippen LogP contribution in [0.4, 0.5) is 0 Å². The van der Waals surface area contributed by atoms with Crippen LogP contribution in [0.5, 0.6) is 0 Å². The highest BCUT2D eigenvalue weighted by atomic mass is 35.5. The number of ketones is 1. The first-order valence-electron chi connectivity index (χ1n) is 5.42. The van der Waals surface area contributed by atoms with Gasteiger partial charge in [-0.2, -0.15) is 0 Å². The van der Waals surface area contributed by atoms with Gasteiger partial charge in [-0.1, -0.05) is 25.4 Å². The number of hydrogen-bond acceptors (Lipinski definition) is 2. The van der Waals surface area contributed by atoms with Crippen LogP contribution in [0.3, 0.4) is 0 Å². The third-order valence-corrected chi connectivity index (χ3v) is 5.16. The maximum absolute atomic E-state index is 11.8. The zero-order chi connectivity index (χ0) is 11.1. The molecule has 1 fully saturated rings. The molecular formula is C12H15ClOS. The van der Waals surface area contributed by atoms with Crippen LogP contribution in [-0.4, -0.2) is 5.78 Å². The van der Waals surface area contributed by atoms with E-state index in [0.29, 0.717) is 18.1 Å². The summed E-state index contributed by atoms with van der Waals surface area (Å²) in [4.78, 5) is 13.1. The van der Waals surface area contributed by atoms with Crippen LogP contribution in [0.2, 0.25) is 4.34 Å². The molecule has 15 heavy (non-hydrogen) atoms. The Bertz CT molecular complexity index is 379. The van der Waals surface area contributed by atoms with E-state index in [1.165, 1.54) is 4.88 Å². The van der Waals surface area contributed by atoms with Gasteiger partial charge in [-0.05, 0) is 25.0 Å². The minimum absolute atomic E-state index is 0.0891. The predicted molar refractivity (Wildman–Crippen MR) is 64.7 cm³/mol. The predicted octanol–water partition coefficient (Wildman–Crippen LogP) is 4.26. The average molecular weight is 243 g/mol. The largest absolute Gasteiger partial charge is 0.299 e. The summed E-state index contributed by atoms with van der Waals surface area (Å²) in [5.74, 6) is 0.847. The first-order chi connectivity index (χ1) is 7.14. The van der Waals surface area contributed by atoms with E-state index in [4.69, 9.17) is 11.6 Å². The van der Waals surface area contributed by atoms with Gasteiger partial charge in [0.2, 0.25) is 0 Å². The van der Waals surface area contributed by atoms with Crippen LogP contribution in [0.25, 0.3) is 0 Å². The number of hydrogen-bond donors (Lipinski definition) is 0. The number of carbonyl (C=O) groups is 1. The van der Waals surface area contributed by atoms with Crippen molar-refractivity contribution in [2.75, 3.05) is 0 Å². The fraction of sp³-hybridized carbons (Fsp3) is 0.583. The van der Waals surface area contributed by atoms with Crippen LogP contribution in [-0.2, 0) is 4.79 Å². The average Bonchev–Trinajstić information content (AvgIpc) is 2.63. The summed E-state index contributed by atoms with van der Waals surface area (Å²) in [6.45, 7) is 4.23. The SMILES string of the molecule is CCC1(CC)C(=O)CC1c1ccc(Cl)s1. The Hall–Kier alpha value is -0.340. The van der Waals surface area contributed by atoms with Crippen molar-refractivity contribution in [2.24, 2.45) is 5.41 Å². The summed E-state index contributed by atoms with van der Waals surface area (Å²) < 4.78 is 0.824. The van der Waals surface area contributed by atoms with Gasteiger partial charge in [0.1, 0.15) is 5.78 Å². The molecule has 1 aliphatic rings. The maximum atomic E-state index is 11.8. The molecule has 0 aromatic carbocycles. The van der Waals surface area contributed by atoms with Gasteiger partial charge in [0.15, 0.2) is 0 Å². The zero-order valence-corrected chi connectivity index (χ0v) is 10.6. The molecule has 0 bridgehead atoms. The molecule has 0 N–H and O–H groups in total. The smallest absolute Gasteiger partial charge is 0.140 e. The zero-order valence-electron chi connectivity index (χ0n) is 9.05. The maximum Gasteiger partial charge on any atom is 0.140 e. The molecule has 0 radical (unpaired) electrons. The lowest BCUT2D eigenvalue weighted by atomic mass is 9.56. The van der Waals surface area contributed by atoms with Crippen LogP contribution < -0.4 is 0 Å². The van der Waals surface area contributed by atoms with E-state index >= 15 is 0 Å². The highest BCUT2D eigenvalue weighted by molar-refractivity contribution is 7.16. The van der Waals surface area contributed by atoms with Crippen molar-refractivity contribution in [3.63, 3.8) is 0 Å². The van der Waals surface area contributed by atoms with E-state index in [1.807, 2.05) is 6.07 Å². The Morgan fingerprint density at radius 3 is 2.53 bits per heavy atom. The van der Waals surface area contributed by atoms with Crippen LogP contribution in [0.15, 0.2) is 12.1 Å². The molecule has 0 amide bonds. The van der Waals surface area contributed by atoms with E-state index in [0.717, 1.165) is 17.2 Å². The highest BCUT2D eigenvalue weighted by Gasteiger charge is 2.52. The number of rotatable bonds is 3. The second-order valence-corrected chi connectivity index (χ2v) is 5.93. The monoisotopic (exact) mass is 242 g/mol. The molecule has 1 saturated carbocycles. The van der Waals surface area contributed by atoms with Crippen molar-refractivity contribution in [1.82, 2.24) is 0 Å². The lowest BCUT2D eigenvalue weighted by Gasteiger charge is -2.46. The van der Waals surface area contributed by atoms with Crippen LogP contribution >= 0.6 is 22.9 Å². The molecule has 1 heterocycles. The van der Waals surface area contributed by atoms with Gasteiger partial charge in [0.25, 0.3) is 0 Å². The molecule has 0 spiro atoms. The van der Waals surface area contributed by atoms with Gasteiger partial charge in [-0.15, -0.1) is 11.3 Å². The fourth-order valence-electron chi connectivity index (χ4n) is 2.67. The molecule has 1 aromatic heterocycles. The Morgan fingerprint density at radius 1 is 1.47 bits per heavy atom. The van der Waals surface area contributed by atoms with Crippen molar-refractivity contribution >= 4 is 28.7 Å². The number of carbonyl (C=O) groups excluding carboxylic acids is 1. The normalized spacial score (nSPS) is 23.9. The summed E-state index contributed by atoms with van der Waals surface area (Å²) in [5, 5.41) is 0. The number of Topliss-reactive ketones (excluding diaryl/α,β-unsaturated/α-hetero) is 1. The van der Waals surface area contributed by atoms with Crippen molar-refractivity contribution in [1.29, 1.82) is 0 Å². The fourth-order valence-corrected chi connectivity index (χ4v) is 3.95. The Morgan fingerprint density at radius 2 is 2.13 bits per heavy atom. The Kier molecular flexibility index (Phi) is 2.91. The standard InChI is InChI=1S/C12H15ClOS/c1-3-12(4-2)8(7-10(12)14)9-5-6-11(13)15-9/h5-6,8H,3-4,7H2,1-2H3. The molecule has 0 saturated heterocycles. The van der Waals surface area contributed by atoms with Crippen LogP contribution in [0, 0.1) is 5.41 Å². The molecule has 0 aliphatic heterocycles. The van der Waals surface area contributed by atoms with Gasteiger partial charge in [-0.25, -0.2) is 0 Å². The van der Waals surface area contributed by atoms with E-state index in [-0.39, 0.29) is 5.41 Å². The molecule has 2 rings (SSSR count). The van der Waals surface area contributed by atoms with Crippen molar-refractivity contribution in [3.05, 3.63) is 21.3 Å². The number of thiophene rings is 1. The molecule has 1 unspecified atom stereocenters. The summed E-state index contributed by atoms with van der Waals surface area (Å²) >= 11 is 7.55. The summed E-state index contributed by atoms with van der Waals surface area (Å²) in [6.07, 6.45) is 2.60. The van der Waals surface area contributed by atoms with Crippen molar-refractivity contribution < 1.29 is 4.79 Å². The topological polar surface area (TPSA) is 17.1 Å². The molecule has 3 heteroatoms. The third-order valence-electron chi connectivity index (χ3n) is 3.81. The third kappa shape index (κ3) is 1.55. The first-order valence-corrected chi connectivity index (χ1v) is 6.62. The first kappa shape index (κ1) is 11.2. The van der Waals surface area contributed by atoms with Gasteiger partial charge in [-0.3, -0.25) is 4.79 Å². The highest BCUT2D eigenvalue weighted by Crippen LogP contribution is 2.55. The van der Waals surface area contributed by atoms with Crippen molar-refractivity contribution in [2.45, 2.75) is 39.0 Å². The second-order valence-electron chi connectivity index (χ2n) is 4.19. The van der Waals surface area contributed by atoms with E-state index < -0.39 is 0 Å². The lowest BCUT2D eigenvalue weighted by Crippen LogP contribution is -2.47. The Labute approximate surface area is 99.5 Å².